The van der Waals surface area contributed by atoms with Gasteiger partial charge < -0.3 is 44.2 Å². The summed E-state index contributed by atoms with van der Waals surface area (Å²) in [4.78, 5) is 26.5. The Morgan fingerprint density at radius 3 is 1.66 bits per heavy atom. The fraction of sp³-hybridized carbons (Fsp3) is 0.394. The molecule has 2 atom stereocenters. The minimum absolute atomic E-state index is 0.243. The molecular formula is C33H42N2O9. The van der Waals surface area contributed by atoms with Gasteiger partial charge in [-0.05, 0) is 53.8 Å². The maximum Gasteiger partial charge on any atom is 0.226 e. The summed E-state index contributed by atoms with van der Waals surface area (Å²) in [6.45, 7) is 0.565. The van der Waals surface area contributed by atoms with Crippen molar-refractivity contribution in [2.75, 3.05) is 55.7 Å². The predicted molar refractivity (Wildman–Crippen MR) is 165 cm³/mol. The Morgan fingerprint density at radius 2 is 1.16 bits per heavy atom. The molecule has 11 nitrogen and oxygen atoms in total. The lowest BCUT2D eigenvalue weighted by Crippen LogP contribution is -2.39. The average molecular weight is 611 g/mol. The Hall–Kier alpha value is -4.64. The molecule has 0 spiro atoms. The van der Waals surface area contributed by atoms with Crippen LogP contribution in [0.1, 0.15) is 29.2 Å². The van der Waals surface area contributed by atoms with E-state index in [1.807, 2.05) is 24.3 Å². The predicted octanol–water partition coefficient (Wildman–Crippen LogP) is 3.50. The monoisotopic (exact) mass is 610 g/mol. The lowest BCUT2D eigenvalue weighted by molar-refractivity contribution is -0.134. The number of aliphatic hydroxyl groups excluding tert-OH is 1. The number of benzene rings is 3. The Kier molecular flexibility index (Phi) is 13.0. The molecule has 0 saturated carbocycles. The summed E-state index contributed by atoms with van der Waals surface area (Å²) in [5, 5.41) is 17.1. The smallest absolute Gasteiger partial charge is 0.226 e. The van der Waals surface area contributed by atoms with Gasteiger partial charge in [0, 0.05) is 31.6 Å². The summed E-state index contributed by atoms with van der Waals surface area (Å²) in [5.74, 6) is 1.54. The molecule has 11 heteroatoms. The van der Waals surface area contributed by atoms with E-state index in [2.05, 4.69) is 10.6 Å². The molecule has 3 aromatic rings. The van der Waals surface area contributed by atoms with E-state index in [4.69, 9.17) is 28.4 Å². The van der Waals surface area contributed by atoms with Gasteiger partial charge in [-0.2, -0.15) is 0 Å². The highest BCUT2D eigenvalue weighted by Crippen LogP contribution is 2.33. The summed E-state index contributed by atoms with van der Waals surface area (Å²) in [6.07, 6.45) is -0.573. The van der Waals surface area contributed by atoms with E-state index in [0.29, 0.717) is 59.4 Å². The summed E-state index contributed by atoms with van der Waals surface area (Å²) in [6, 6.07) is 15.8. The summed E-state index contributed by atoms with van der Waals surface area (Å²) >= 11 is 0. The van der Waals surface area contributed by atoms with Gasteiger partial charge in [0.2, 0.25) is 11.8 Å². The number of aliphatic hydroxyl groups is 1. The van der Waals surface area contributed by atoms with E-state index in [1.54, 1.807) is 58.8 Å². The molecule has 0 radical (unpaired) electrons. The number of rotatable bonds is 17. The lowest BCUT2D eigenvalue weighted by atomic mass is 9.91. The quantitative estimate of drug-likeness (QED) is 0.210. The number of amides is 2. The van der Waals surface area contributed by atoms with E-state index in [-0.39, 0.29) is 18.9 Å². The molecule has 0 aliphatic rings. The van der Waals surface area contributed by atoms with E-state index in [1.165, 1.54) is 14.2 Å². The number of carbonyl (C=O) groups excluding carboxylic acids is 2. The lowest BCUT2D eigenvalue weighted by Gasteiger charge is -2.23. The minimum atomic E-state index is -1.29. The van der Waals surface area contributed by atoms with Crippen LogP contribution in [0.25, 0.3) is 0 Å². The van der Waals surface area contributed by atoms with Crippen LogP contribution in [-0.2, 0) is 22.4 Å². The van der Waals surface area contributed by atoms with Crippen molar-refractivity contribution in [2.45, 2.75) is 25.4 Å². The number of carbonyl (C=O) groups is 2. The highest BCUT2D eigenvalue weighted by Gasteiger charge is 2.31. The Morgan fingerprint density at radius 1 is 0.636 bits per heavy atom. The van der Waals surface area contributed by atoms with Gasteiger partial charge in [0.1, 0.15) is 23.0 Å². The van der Waals surface area contributed by atoms with E-state index >= 15 is 0 Å². The third-order valence-electron chi connectivity index (χ3n) is 7.27. The fourth-order valence-electron chi connectivity index (χ4n) is 4.79. The van der Waals surface area contributed by atoms with Crippen molar-refractivity contribution in [1.29, 1.82) is 0 Å². The maximum atomic E-state index is 13.5. The van der Waals surface area contributed by atoms with E-state index in [9.17, 15) is 14.7 Å². The molecule has 0 bridgehead atoms. The normalized spacial score (nSPS) is 12.0. The van der Waals surface area contributed by atoms with Crippen LogP contribution in [0.4, 0.5) is 0 Å². The SMILES string of the molecule is COc1ccc(CCNC(=O)C[C@@H](C(=O)NCCc2ccc(OC)cc2OC)[C@H](O)c2ccc(OC)c(OC)c2)c(OC)c1. The molecule has 0 aliphatic carbocycles. The van der Waals surface area contributed by atoms with Crippen molar-refractivity contribution in [1.82, 2.24) is 10.6 Å². The van der Waals surface area contributed by atoms with Crippen LogP contribution in [0.5, 0.6) is 34.5 Å². The van der Waals surface area contributed by atoms with Crippen LogP contribution in [0.15, 0.2) is 54.6 Å². The number of hydrogen-bond donors (Lipinski definition) is 3. The molecule has 0 unspecified atom stereocenters. The van der Waals surface area contributed by atoms with Gasteiger partial charge in [-0.3, -0.25) is 9.59 Å². The van der Waals surface area contributed by atoms with Crippen LogP contribution in [-0.4, -0.2) is 72.7 Å². The average Bonchev–Trinajstić information content (AvgIpc) is 3.06. The van der Waals surface area contributed by atoms with E-state index < -0.39 is 17.9 Å². The van der Waals surface area contributed by atoms with Crippen LogP contribution in [0.3, 0.4) is 0 Å². The zero-order chi connectivity index (χ0) is 32.1. The van der Waals surface area contributed by atoms with Crippen molar-refractivity contribution in [3.8, 4) is 34.5 Å². The summed E-state index contributed by atoms with van der Waals surface area (Å²) < 4.78 is 32.1. The van der Waals surface area contributed by atoms with Gasteiger partial charge in [-0.15, -0.1) is 0 Å². The van der Waals surface area contributed by atoms with Crippen molar-refractivity contribution in [3.05, 3.63) is 71.3 Å². The van der Waals surface area contributed by atoms with Crippen LogP contribution in [0, 0.1) is 5.92 Å². The fourth-order valence-corrected chi connectivity index (χ4v) is 4.79. The molecule has 3 N–H and O–H groups in total. The molecule has 2 amide bonds. The van der Waals surface area contributed by atoms with Gasteiger partial charge in [0.05, 0.1) is 54.7 Å². The van der Waals surface area contributed by atoms with Gasteiger partial charge in [0.15, 0.2) is 11.5 Å². The van der Waals surface area contributed by atoms with Gasteiger partial charge in [0.25, 0.3) is 0 Å². The highest BCUT2D eigenvalue weighted by atomic mass is 16.5. The van der Waals surface area contributed by atoms with Crippen molar-refractivity contribution >= 4 is 11.8 Å². The molecule has 3 rings (SSSR count). The molecule has 0 aliphatic heterocycles. The Balaban J connectivity index is 1.72. The Labute approximate surface area is 258 Å². The van der Waals surface area contributed by atoms with Gasteiger partial charge in [-0.1, -0.05) is 18.2 Å². The number of nitrogens with one attached hydrogen (secondary N) is 2. The minimum Gasteiger partial charge on any atom is -0.497 e. The third kappa shape index (κ3) is 8.93. The molecule has 44 heavy (non-hydrogen) atoms. The highest BCUT2D eigenvalue weighted by molar-refractivity contribution is 5.86. The molecule has 0 saturated heterocycles. The standard InChI is InChI=1S/C33H42N2O9/c1-39-24-10-7-21(28(18-24)42-4)13-15-34-31(36)20-26(32(37)23-9-12-27(41-3)30(17-23)44-6)33(38)35-16-14-22-8-11-25(40-2)19-29(22)43-5/h7-12,17-19,26,32,37H,13-16,20H2,1-6H3,(H,34,36)(H,35,38)/t26-,32-/m1/s1. The second-order valence-electron chi connectivity index (χ2n) is 9.87. The topological polar surface area (TPSA) is 134 Å². The Bertz CT molecular complexity index is 1400. The number of methoxy groups -OCH3 is 6. The van der Waals surface area contributed by atoms with Crippen LogP contribution >= 0.6 is 0 Å². The zero-order valence-corrected chi connectivity index (χ0v) is 26.1. The third-order valence-corrected chi connectivity index (χ3v) is 7.27. The van der Waals surface area contributed by atoms with Crippen molar-refractivity contribution < 1.29 is 43.1 Å². The first-order chi connectivity index (χ1) is 21.3. The molecule has 0 aromatic heterocycles. The largest absolute Gasteiger partial charge is 0.497 e. The van der Waals surface area contributed by atoms with Gasteiger partial charge >= 0.3 is 0 Å². The van der Waals surface area contributed by atoms with Crippen LogP contribution in [0.2, 0.25) is 0 Å². The first-order valence-corrected chi connectivity index (χ1v) is 14.1. The van der Waals surface area contributed by atoms with Crippen LogP contribution < -0.4 is 39.1 Å². The molecule has 0 heterocycles. The summed E-state index contributed by atoms with van der Waals surface area (Å²) in [5.41, 5.74) is 2.18. The molecule has 3 aromatic carbocycles. The van der Waals surface area contributed by atoms with E-state index in [0.717, 1.165) is 11.1 Å². The second kappa shape index (κ2) is 16.9. The molecule has 0 fully saturated rings. The molecular weight excluding hydrogens is 568 g/mol. The number of hydrogen-bond acceptors (Lipinski definition) is 9. The summed E-state index contributed by atoms with van der Waals surface area (Å²) in [7, 11) is 9.28. The molecule has 238 valence electrons. The first kappa shape index (κ1) is 33.9. The van der Waals surface area contributed by atoms with Gasteiger partial charge in [-0.25, -0.2) is 0 Å². The maximum absolute atomic E-state index is 13.5. The van der Waals surface area contributed by atoms with Crippen molar-refractivity contribution in [3.63, 3.8) is 0 Å². The number of ether oxygens (including phenoxy) is 6. The first-order valence-electron chi connectivity index (χ1n) is 14.1. The zero-order valence-electron chi connectivity index (χ0n) is 26.1. The second-order valence-corrected chi connectivity index (χ2v) is 9.87. The van der Waals surface area contributed by atoms with Crippen molar-refractivity contribution in [2.24, 2.45) is 5.92 Å².